The number of carbonyl (C=O) groups excluding carboxylic acids is 1. The summed E-state index contributed by atoms with van der Waals surface area (Å²) >= 11 is 5.86. The Morgan fingerprint density at radius 1 is 1.20 bits per heavy atom. The summed E-state index contributed by atoms with van der Waals surface area (Å²) in [7, 11) is -3.83. The van der Waals surface area contributed by atoms with E-state index in [9.17, 15) is 13.2 Å². The van der Waals surface area contributed by atoms with Crippen molar-refractivity contribution in [2.75, 3.05) is 11.9 Å². The van der Waals surface area contributed by atoms with Gasteiger partial charge in [-0.3, -0.25) is 4.79 Å². The molecule has 8 heteroatoms. The third kappa shape index (κ3) is 5.45. The van der Waals surface area contributed by atoms with E-state index in [1.54, 1.807) is 36.4 Å². The number of hydrogen-bond donors (Lipinski definition) is 2. The fourth-order valence-corrected chi connectivity index (χ4v) is 3.45. The molecule has 0 radical (unpaired) electrons. The second kappa shape index (κ2) is 8.33. The Balaban J connectivity index is 2.04. The Labute approximate surface area is 152 Å². The van der Waals surface area contributed by atoms with Gasteiger partial charge in [-0.1, -0.05) is 17.7 Å². The minimum Gasteiger partial charge on any atom is -0.494 e. The zero-order valence-corrected chi connectivity index (χ0v) is 15.4. The highest BCUT2D eigenvalue weighted by molar-refractivity contribution is 7.89. The topological polar surface area (TPSA) is 84.5 Å². The zero-order chi connectivity index (χ0) is 18.4. The zero-order valence-electron chi connectivity index (χ0n) is 13.8. The number of rotatable bonds is 7. The minimum absolute atomic E-state index is 0.0540. The van der Waals surface area contributed by atoms with Crippen LogP contribution in [0.15, 0.2) is 53.4 Å². The Bertz CT molecular complexity index is 838. The first kappa shape index (κ1) is 19.2. The van der Waals surface area contributed by atoms with Crippen LogP contribution in [-0.4, -0.2) is 27.0 Å². The standard InChI is InChI=1S/C17H19ClN2O4S/c1-3-24-15-7-9-16(10-8-15)25(22,23)20-12(2)17(21)19-14-6-4-5-13(18)11-14/h4-12,20H,3H2,1-2H3,(H,19,21)/t12-/m0/s1. The lowest BCUT2D eigenvalue weighted by atomic mass is 10.3. The number of hydrogen-bond acceptors (Lipinski definition) is 4. The number of ether oxygens (including phenoxy) is 1. The molecule has 2 rings (SSSR count). The van der Waals surface area contributed by atoms with E-state index < -0.39 is 22.0 Å². The van der Waals surface area contributed by atoms with Crippen LogP contribution in [0.25, 0.3) is 0 Å². The van der Waals surface area contributed by atoms with Crippen LogP contribution >= 0.6 is 11.6 Å². The Hall–Kier alpha value is -2.09. The lowest BCUT2D eigenvalue weighted by Crippen LogP contribution is -2.41. The SMILES string of the molecule is CCOc1ccc(S(=O)(=O)N[C@@H](C)C(=O)Nc2cccc(Cl)c2)cc1. The summed E-state index contributed by atoms with van der Waals surface area (Å²) in [4.78, 5) is 12.2. The molecule has 0 aromatic heterocycles. The molecule has 0 aliphatic heterocycles. The molecular formula is C17H19ClN2O4S. The number of sulfonamides is 1. The first-order valence-corrected chi connectivity index (χ1v) is 9.49. The first-order valence-electron chi connectivity index (χ1n) is 7.63. The van der Waals surface area contributed by atoms with Crippen LogP contribution in [0.4, 0.5) is 5.69 Å². The molecule has 2 N–H and O–H groups in total. The van der Waals surface area contributed by atoms with Crippen LogP contribution < -0.4 is 14.8 Å². The summed E-state index contributed by atoms with van der Waals surface area (Å²) in [5.41, 5.74) is 0.490. The number of anilines is 1. The van der Waals surface area contributed by atoms with Crippen LogP contribution in [0.2, 0.25) is 5.02 Å². The van der Waals surface area contributed by atoms with Crippen LogP contribution in [0.3, 0.4) is 0 Å². The molecule has 25 heavy (non-hydrogen) atoms. The average molecular weight is 383 g/mol. The number of carbonyl (C=O) groups is 1. The summed E-state index contributed by atoms with van der Waals surface area (Å²) in [5, 5.41) is 3.08. The van der Waals surface area contributed by atoms with E-state index >= 15 is 0 Å². The third-order valence-electron chi connectivity index (χ3n) is 3.26. The molecular weight excluding hydrogens is 364 g/mol. The summed E-state index contributed by atoms with van der Waals surface area (Å²) in [5.74, 6) is 0.0879. The minimum atomic E-state index is -3.83. The fraction of sp³-hybridized carbons (Fsp3) is 0.235. The van der Waals surface area contributed by atoms with Crippen molar-refractivity contribution in [3.05, 3.63) is 53.6 Å². The van der Waals surface area contributed by atoms with Crippen LogP contribution in [0, 0.1) is 0 Å². The van der Waals surface area contributed by atoms with E-state index in [4.69, 9.17) is 16.3 Å². The molecule has 6 nitrogen and oxygen atoms in total. The average Bonchev–Trinajstić information content (AvgIpc) is 2.55. The highest BCUT2D eigenvalue weighted by atomic mass is 35.5. The monoisotopic (exact) mass is 382 g/mol. The van der Waals surface area contributed by atoms with Gasteiger partial charge in [0, 0.05) is 10.7 Å². The van der Waals surface area contributed by atoms with Crippen molar-refractivity contribution in [3.8, 4) is 5.75 Å². The van der Waals surface area contributed by atoms with Crippen molar-refractivity contribution in [2.45, 2.75) is 24.8 Å². The molecule has 0 unspecified atom stereocenters. The van der Waals surface area contributed by atoms with E-state index in [-0.39, 0.29) is 4.90 Å². The van der Waals surface area contributed by atoms with Gasteiger partial charge in [0.05, 0.1) is 17.5 Å². The third-order valence-corrected chi connectivity index (χ3v) is 5.05. The molecule has 134 valence electrons. The summed E-state index contributed by atoms with van der Waals surface area (Å²) in [6.07, 6.45) is 0. The molecule has 0 aliphatic carbocycles. The Morgan fingerprint density at radius 2 is 1.88 bits per heavy atom. The normalized spacial score (nSPS) is 12.4. The molecule has 0 saturated heterocycles. The van der Waals surface area contributed by atoms with Gasteiger partial charge in [0.2, 0.25) is 15.9 Å². The largest absolute Gasteiger partial charge is 0.494 e. The lowest BCUT2D eigenvalue weighted by molar-refractivity contribution is -0.117. The van der Waals surface area contributed by atoms with Gasteiger partial charge in [-0.05, 0) is 56.3 Å². The number of amides is 1. The van der Waals surface area contributed by atoms with Crippen molar-refractivity contribution >= 4 is 33.2 Å². The van der Waals surface area contributed by atoms with Gasteiger partial charge in [-0.15, -0.1) is 0 Å². The molecule has 0 saturated carbocycles. The number of benzene rings is 2. The van der Waals surface area contributed by atoms with Crippen molar-refractivity contribution in [1.82, 2.24) is 4.72 Å². The van der Waals surface area contributed by atoms with Gasteiger partial charge >= 0.3 is 0 Å². The molecule has 0 fully saturated rings. The summed E-state index contributed by atoms with van der Waals surface area (Å²) in [6, 6.07) is 11.6. The highest BCUT2D eigenvalue weighted by Gasteiger charge is 2.22. The second-order valence-corrected chi connectivity index (χ2v) is 7.40. The molecule has 0 heterocycles. The van der Waals surface area contributed by atoms with Gasteiger partial charge < -0.3 is 10.1 Å². The predicted molar refractivity (Wildman–Crippen MR) is 97.5 cm³/mol. The van der Waals surface area contributed by atoms with Gasteiger partial charge in [-0.25, -0.2) is 8.42 Å². The van der Waals surface area contributed by atoms with E-state index in [2.05, 4.69) is 10.0 Å². The van der Waals surface area contributed by atoms with Gasteiger partial charge in [0.15, 0.2) is 0 Å². The summed E-state index contributed by atoms with van der Waals surface area (Å²) < 4.78 is 32.4. The van der Waals surface area contributed by atoms with Crippen molar-refractivity contribution in [1.29, 1.82) is 0 Å². The first-order chi connectivity index (χ1) is 11.8. The molecule has 0 spiro atoms. The van der Waals surface area contributed by atoms with Gasteiger partial charge in [0.25, 0.3) is 0 Å². The van der Waals surface area contributed by atoms with Gasteiger partial charge in [0.1, 0.15) is 5.75 Å². The molecule has 2 aromatic carbocycles. The van der Waals surface area contributed by atoms with Crippen molar-refractivity contribution in [3.63, 3.8) is 0 Å². The maximum atomic E-state index is 12.4. The second-order valence-electron chi connectivity index (χ2n) is 5.25. The smallest absolute Gasteiger partial charge is 0.242 e. The molecule has 1 amide bonds. The molecule has 2 aromatic rings. The molecule has 0 aliphatic rings. The van der Waals surface area contributed by atoms with Crippen LogP contribution in [0.1, 0.15) is 13.8 Å². The van der Waals surface area contributed by atoms with Gasteiger partial charge in [-0.2, -0.15) is 4.72 Å². The Morgan fingerprint density at radius 3 is 2.48 bits per heavy atom. The molecule has 0 bridgehead atoms. The van der Waals surface area contributed by atoms with E-state index in [1.807, 2.05) is 6.92 Å². The maximum absolute atomic E-state index is 12.4. The van der Waals surface area contributed by atoms with E-state index in [1.165, 1.54) is 19.1 Å². The number of nitrogens with one attached hydrogen (secondary N) is 2. The molecule has 1 atom stereocenters. The predicted octanol–water partition coefficient (Wildman–Crippen LogP) is 3.04. The van der Waals surface area contributed by atoms with Crippen molar-refractivity contribution in [2.24, 2.45) is 0 Å². The van der Waals surface area contributed by atoms with Crippen LogP contribution in [-0.2, 0) is 14.8 Å². The fourth-order valence-electron chi connectivity index (χ4n) is 2.05. The maximum Gasteiger partial charge on any atom is 0.242 e. The van der Waals surface area contributed by atoms with E-state index in [0.29, 0.717) is 23.1 Å². The summed E-state index contributed by atoms with van der Waals surface area (Å²) in [6.45, 7) is 3.80. The Kier molecular flexibility index (Phi) is 6.41. The quantitative estimate of drug-likeness (QED) is 0.770. The lowest BCUT2D eigenvalue weighted by Gasteiger charge is -2.15. The van der Waals surface area contributed by atoms with Crippen molar-refractivity contribution < 1.29 is 17.9 Å². The van der Waals surface area contributed by atoms with E-state index in [0.717, 1.165) is 0 Å². The number of halogens is 1. The van der Waals surface area contributed by atoms with Crippen LogP contribution in [0.5, 0.6) is 5.75 Å². The highest BCUT2D eigenvalue weighted by Crippen LogP contribution is 2.17.